The average molecular weight is 202 g/mol. The minimum Gasteiger partial charge on any atom is -0.507 e. The van der Waals surface area contributed by atoms with E-state index in [9.17, 15) is 5.11 Å². The van der Waals surface area contributed by atoms with Crippen molar-refractivity contribution in [2.45, 2.75) is 20.4 Å². The Kier molecular flexibility index (Phi) is 2.46. The second kappa shape index (κ2) is 3.77. The van der Waals surface area contributed by atoms with Crippen LogP contribution in [-0.4, -0.2) is 14.9 Å². The number of rotatable bonds is 2. The van der Waals surface area contributed by atoms with Crippen molar-refractivity contribution in [2.75, 3.05) is 0 Å². The summed E-state index contributed by atoms with van der Waals surface area (Å²) >= 11 is 0. The molecule has 0 amide bonds. The number of phenols is 1. The van der Waals surface area contributed by atoms with E-state index in [4.69, 9.17) is 0 Å². The van der Waals surface area contributed by atoms with Gasteiger partial charge in [-0.15, -0.1) is 0 Å². The Labute approximate surface area is 89.0 Å². The van der Waals surface area contributed by atoms with Crippen LogP contribution in [0.15, 0.2) is 30.5 Å². The van der Waals surface area contributed by atoms with Crippen molar-refractivity contribution < 1.29 is 5.11 Å². The van der Waals surface area contributed by atoms with E-state index < -0.39 is 0 Å². The molecule has 1 aromatic carbocycles. The van der Waals surface area contributed by atoms with E-state index in [1.807, 2.05) is 42.9 Å². The van der Waals surface area contributed by atoms with Crippen molar-refractivity contribution in [3.8, 4) is 17.0 Å². The molecule has 0 aliphatic rings. The Bertz CT molecular complexity index is 474. The Morgan fingerprint density at radius 3 is 2.73 bits per heavy atom. The van der Waals surface area contributed by atoms with Crippen LogP contribution in [0.1, 0.15) is 12.5 Å². The Morgan fingerprint density at radius 2 is 2.07 bits per heavy atom. The summed E-state index contributed by atoms with van der Waals surface area (Å²) in [5.41, 5.74) is 2.92. The van der Waals surface area contributed by atoms with E-state index in [2.05, 4.69) is 5.10 Å². The van der Waals surface area contributed by atoms with Crippen LogP contribution in [-0.2, 0) is 6.54 Å². The molecular weight excluding hydrogens is 188 g/mol. The number of benzene rings is 1. The van der Waals surface area contributed by atoms with Crippen molar-refractivity contribution in [2.24, 2.45) is 0 Å². The van der Waals surface area contributed by atoms with Crippen molar-refractivity contribution in [3.05, 3.63) is 36.0 Å². The average Bonchev–Trinajstić information content (AvgIpc) is 2.60. The summed E-state index contributed by atoms with van der Waals surface area (Å²) in [7, 11) is 0. The van der Waals surface area contributed by atoms with Crippen LogP contribution in [0.2, 0.25) is 0 Å². The molecule has 78 valence electrons. The fourth-order valence-electron chi connectivity index (χ4n) is 1.74. The lowest BCUT2D eigenvalue weighted by Gasteiger charge is -2.07. The maximum atomic E-state index is 9.79. The Morgan fingerprint density at radius 1 is 1.33 bits per heavy atom. The van der Waals surface area contributed by atoms with Gasteiger partial charge in [0, 0.05) is 12.1 Å². The first-order valence-corrected chi connectivity index (χ1v) is 5.04. The lowest BCUT2D eigenvalue weighted by atomic mass is 10.1. The first-order valence-electron chi connectivity index (χ1n) is 5.04. The van der Waals surface area contributed by atoms with Gasteiger partial charge in [-0.3, -0.25) is 4.68 Å². The zero-order chi connectivity index (χ0) is 10.8. The van der Waals surface area contributed by atoms with Crippen molar-refractivity contribution in [3.63, 3.8) is 0 Å². The van der Waals surface area contributed by atoms with Crippen LogP contribution in [0.3, 0.4) is 0 Å². The highest BCUT2D eigenvalue weighted by atomic mass is 16.3. The van der Waals surface area contributed by atoms with E-state index in [1.54, 1.807) is 6.07 Å². The first-order chi connectivity index (χ1) is 7.24. The molecule has 2 rings (SSSR count). The highest BCUT2D eigenvalue weighted by molar-refractivity contribution is 5.69. The Hall–Kier alpha value is -1.77. The molecule has 0 aliphatic carbocycles. The van der Waals surface area contributed by atoms with E-state index in [-0.39, 0.29) is 0 Å². The number of phenolic OH excluding ortho intramolecular Hbond substituents is 1. The maximum Gasteiger partial charge on any atom is 0.124 e. The van der Waals surface area contributed by atoms with Crippen LogP contribution < -0.4 is 0 Å². The third-order valence-corrected chi connectivity index (χ3v) is 2.48. The van der Waals surface area contributed by atoms with Gasteiger partial charge in [0.15, 0.2) is 0 Å². The molecular formula is C12H14N2O. The van der Waals surface area contributed by atoms with Crippen LogP contribution in [0.4, 0.5) is 0 Å². The molecule has 1 aromatic heterocycles. The predicted octanol–water partition coefficient (Wildman–Crippen LogP) is 2.58. The summed E-state index contributed by atoms with van der Waals surface area (Å²) in [6, 6.07) is 7.34. The van der Waals surface area contributed by atoms with Gasteiger partial charge in [0.2, 0.25) is 0 Å². The SMILES string of the molecule is CCn1ncc(C)c1-c1ccccc1O. The monoisotopic (exact) mass is 202 g/mol. The van der Waals surface area contributed by atoms with Crippen molar-refractivity contribution in [1.29, 1.82) is 0 Å². The molecule has 0 fully saturated rings. The molecule has 1 heterocycles. The molecule has 0 saturated carbocycles. The lowest BCUT2D eigenvalue weighted by Crippen LogP contribution is -1.99. The quantitative estimate of drug-likeness (QED) is 0.812. The predicted molar refractivity (Wildman–Crippen MR) is 59.7 cm³/mol. The standard InChI is InChI=1S/C12H14N2O/c1-3-14-12(9(2)8-13-14)10-6-4-5-7-11(10)15/h4-8,15H,3H2,1-2H3. The largest absolute Gasteiger partial charge is 0.507 e. The van der Waals surface area contributed by atoms with Crippen LogP contribution in [0.25, 0.3) is 11.3 Å². The molecule has 0 atom stereocenters. The van der Waals surface area contributed by atoms with Gasteiger partial charge in [-0.2, -0.15) is 5.10 Å². The lowest BCUT2D eigenvalue weighted by molar-refractivity contribution is 0.476. The zero-order valence-corrected chi connectivity index (χ0v) is 8.94. The fourth-order valence-corrected chi connectivity index (χ4v) is 1.74. The minimum absolute atomic E-state index is 0.302. The topological polar surface area (TPSA) is 38.0 Å². The number of aromatic nitrogens is 2. The van der Waals surface area contributed by atoms with Crippen LogP contribution in [0.5, 0.6) is 5.75 Å². The smallest absolute Gasteiger partial charge is 0.124 e. The Balaban J connectivity index is 2.63. The molecule has 0 aliphatic heterocycles. The van der Waals surface area contributed by atoms with E-state index in [0.29, 0.717) is 5.75 Å². The highest BCUT2D eigenvalue weighted by Gasteiger charge is 2.11. The van der Waals surface area contributed by atoms with E-state index >= 15 is 0 Å². The van der Waals surface area contributed by atoms with Gasteiger partial charge >= 0.3 is 0 Å². The molecule has 15 heavy (non-hydrogen) atoms. The fraction of sp³-hybridized carbons (Fsp3) is 0.250. The zero-order valence-electron chi connectivity index (χ0n) is 8.94. The molecule has 3 nitrogen and oxygen atoms in total. The number of para-hydroxylation sites is 1. The molecule has 3 heteroatoms. The normalized spacial score (nSPS) is 10.5. The van der Waals surface area contributed by atoms with Gasteiger partial charge in [-0.05, 0) is 31.5 Å². The summed E-state index contributed by atoms with van der Waals surface area (Å²) in [6.07, 6.45) is 1.82. The molecule has 0 spiro atoms. The van der Waals surface area contributed by atoms with Crippen LogP contribution in [0, 0.1) is 6.92 Å². The van der Waals surface area contributed by atoms with Gasteiger partial charge in [0.05, 0.1) is 11.9 Å². The van der Waals surface area contributed by atoms with Gasteiger partial charge in [0.25, 0.3) is 0 Å². The minimum atomic E-state index is 0.302. The maximum absolute atomic E-state index is 9.79. The van der Waals surface area contributed by atoms with Gasteiger partial charge < -0.3 is 5.11 Å². The molecule has 0 unspecified atom stereocenters. The second-order valence-corrected chi connectivity index (χ2v) is 3.51. The van der Waals surface area contributed by atoms with E-state index in [1.165, 1.54) is 0 Å². The van der Waals surface area contributed by atoms with Gasteiger partial charge in [-0.1, -0.05) is 12.1 Å². The van der Waals surface area contributed by atoms with E-state index in [0.717, 1.165) is 23.4 Å². The first kappa shape index (κ1) is 9.77. The summed E-state index contributed by atoms with van der Waals surface area (Å²) < 4.78 is 1.89. The summed E-state index contributed by atoms with van der Waals surface area (Å²) in [4.78, 5) is 0. The van der Waals surface area contributed by atoms with Gasteiger partial charge in [0.1, 0.15) is 5.75 Å². The summed E-state index contributed by atoms with van der Waals surface area (Å²) in [5, 5.41) is 14.0. The van der Waals surface area contributed by atoms with Crippen LogP contribution >= 0.6 is 0 Å². The molecule has 0 bridgehead atoms. The number of aromatic hydroxyl groups is 1. The third kappa shape index (κ3) is 1.61. The molecule has 2 aromatic rings. The number of hydrogen-bond acceptors (Lipinski definition) is 2. The molecule has 0 saturated heterocycles. The third-order valence-electron chi connectivity index (χ3n) is 2.48. The molecule has 1 N–H and O–H groups in total. The summed E-state index contributed by atoms with van der Waals surface area (Å²) in [5.74, 6) is 0.302. The van der Waals surface area contributed by atoms with Crippen molar-refractivity contribution in [1.82, 2.24) is 9.78 Å². The second-order valence-electron chi connectivity index (χ2n) is 3.51. The van der Waals surface area contributed by atoms with Gasteiger partial charge in [-0.25, -0.2) is 0 Å². The number of nitrogens with zero attached hydrogens (tertiary/aromatic N) is 2. The number of hydrogen-bond donors (Lipinski definition) is 1. The summed E-state index contributed by atoms with van der Waals surface area (Å²) in [6.45, 7) is 4.84. The highest BCUT2D eigenvalue weighted by Crippen LogP contribution is 2.30. The van der Waals surface area contributed by atoms with Crippen molar-refractivity contribution >= 4 is 0 Å². The number of aryl methyl sites for hydroxylation is 2. The molecule has 0 radical (unpaired) electrons.